The summed E-state index contributed by atoms with van der Waals surface area (Å²) in [6.07, 6.45) is -2.66. The van der Waals surface area contributed by atoms with Gasteiger partial charge >= 0.3 is 12.1 Å². The van der Waals surface area contributed by atoms with Crippen molar-refractivity contribution >= 4 is 11.8 Å². The average Bonchev–Trinajstić information content (AvgIpc) is 2.55. The Hall–Kier alpha value is -2.90. The highest BCUT2D eigenvalue weighted by molar-refractivity contribution is 5.90. The molecule has 8 heteroatoms. The Bertz CT molecular complexity index is 771. The van der Waals surface area contributed by atoms with E-state index in [1.54, 1.807) is 0 Å². The Balaban J connectivity index is 2.53. The van der Waals surface area contributed by atoms with Gasteiger partial charge in [-0.05, 0) is 18.6 Å². The van der Waals surface area contributed by atoms with E-state index in [0.29, 0.717) is 11.1 Å². The lowest BCUT2D eigenvalue weighted by atomic mass is 10.1. The molecule has 1 aromatic carbocycles. The van der Waals surface area contributed by atoms with Crippen molar-refractivity contribution in [3.8, 4) is 11.4 Å². The number of rotatable bonds is 4. The van der Waals surface area contributed by atoms with Crippen molar-refractivity contribution in [2.75, 3.05) is 12.8 Å². The molecule has 0 saturated heterocycles. The summed E-state index contributed by atoms with van der Waals surface area (Å²) in [6, 6.07) is 4.24. The van der Waals surface area contributed by atoms with Gasteiger partial charge in [-0.2, -0.15) is 13.2 Å². The lowest BCUT2D eigenvalue weighted by molar-refractivity contribution is -0.137. The first-order valence-corrected chi connectivity index (χ1v) is 6.81. The van der Waals surface area contributed by atoms with Crippen LogP contribution in [0.5, 0.6) is 0 Å². The molecule has 0 spiro atoms. The maximum Gasteiger partial charge on any atom is 0.416 e. The quantitative estimate of drug-likeness (QED) is 0.684. The number of hydrogen-bond acceptors (Lipinski definition) is 5. The van der Waals surface area contributed by atoms with Crippen molar-refractivity contribution in [3.05, 3.63) is 53.7 Å². The van der Waals surface area contributed by atoms with Crippen LogP contribution in [0.15, 0.2) is 36.9 Å². The molecule has 5 nitrogen and oxygen atoms in total. The Morgan fingerprint density at radius 3 is 2.42 bits per heavy atom. The predicted molar refractivity (Wildman–Crippen MR) is 82.1 cm³/mol. The monoisotopic (exact) mass is 337 g/mol. The molecular weight excluding hydrogens is 323 g/mol. The fraction of sp³-hybridized carbons (Fsp3) is 0.188. The third-order valence-electron chi connectivity index (χ3n) is 3.24. The molecule has 2 rings (SSSR count). The van der Waals surface area contributed by atoms with E-state index in [2.05, 4.69) is 21.3 Å². The third kappa shape index (κ3) is 3.53. The smallest absolute Gasteiger partial charge is 0.416 e. The number of anilines is 1. The van der Waals surface area contributed by atoms with Crippen LogP contribution in [-0.2, 0) is 17.3 Å². The zero-order chi connectivity index (χ0) is 17.9. The summed E-state index contributed by atoms with van der Waals surface area (Å²) in [7, 11) is 1.19. The fourth-order valence-corrected chi connectivity index (χ4v) is 2.05. The molecule has 0 atom stereocenters. The molecule has 0 aliphatic rings. The van der Waals surface area contributed by atoms with Crippen molar-refractivity contribution in [3.63, 3.8) is 0 Å². The molecule has 2 aromatic rings. The molecule has 0 radical (unpaired) electrons. The van der Waals surface area contributed by atoms with Gasteiger partial charge in [0.15, 0.2) is 11.5 Å². The molecule has 0 unspecified atom stereocenters. The molecule has 126 valence electrons. The molecule has 2 N–H and O–H groups in total. The summed E-state index contributed by atoms with van der Waals surface area (Å²) in [6.45, 7) is 3.57. The highest BCUT2D eigenvalue weighted by Crippen LogP contribution is 2.31. The third-order valence-corrected chi connectivity index (χ3v) is 3.24. The number of halogens is 3. The van der Waals surface area contributed by atoms with Crippen LogP contribution >= 0.6 is 0 Å². The standard InChI is InChI=1S/C16H14F3N3O2/c1-3-4-11-12(15(23)24-2)21-14(22-13(11)20)9-5-7-10(8-6-9)16(17,18)19/h3,5-8H,1,4H2,2H3,(H2,20,21,22). The second-order valence-corrected chi connectivity index (χ2v) is 4.82. The first kappa shape index (κ1) is 17.5. The molecule has 0 aliphatic heterocycles. The highest BCUT2D eigenvalue weighted by Gasteiger charge is 2.30. The Morgan fingerprint density at radius 1 is 1.29 bits per heavy atom. The number of methoxy groups -OCH3 is 1. The van der Waals surface area contributed by atoms with Crippen LogP contribution in [0.2, 0.25) is 0 Å². The second-order valence-electron chi connectivity index (χ2n) is 4.82. The largest absolute Gasteiger partial charge is 0.464 e. The number of benzene rings is 1. The number of alkyl halides is 3. The minimum atomic E-state index is -4.44. The van der Waals surface area contributed by atoms with Gasteiger partial charge in [-0.3, -0.25) is 0 Å². The lowest BCUT2D eigenvalue weighted by Gasteiger charge is -2.11. The number of allylic oxidation sites excluding steroid dienone is 1. The molecular formula is C16H14F3N3O2. The second kappa shape index (κ2) is 6.69. The van der Waals surface area contributed by atoms with E-state index in [1.165, 1.54) is 25.3 Å². The number of nitrogens with zero attached hydrogens (tertiary/aromatic N) is 2. The van der Waals surface area contributed by atoms with Gasteiger partial charge < -0.3 is 10.5 Å². The molecule has 24 heavy (non-hydrogen) atoms. The predicted octanol–water partition coefficient (Wildman–Crippen LogP) is 3.26. The highest BCUT2D eigenvalue weighted by atomic mass is 19.4. The van der Waals surface area contributed by atoms with Crippen molar-refractivity contribution in [2.24, 2.45) is 0 Å². The minimum absolute atomic E-state index is 0.0365. The van der Waals surface area contributed by atoms with Crippen LogP contribution in [0.25, 0.3) is 11.4 Å². The SMILES string of the molecule is C=CCc1c(N)nc(-c2ccc(C(F)(F)F)cc2)nc1C(=O)OC. The van der Waals surface area contributed by atoms with E-state index in [0.717, 1.165) is 12.1 Å². The van der Waals surface area contributed by atoms with Gasteiger partial charge in [-0.1, -0.05) is 18.2 Å². The van der Waals surface area contributed by atoms with E-state index in [-0.39, 0.29) is 23.8 Å². The van der Waals surface area contributed by atoms with Crippen molar-refractivity contribution in [1.82, 2.24) is 9.97 Å². The topological polar surface area (TPSA) is 78.1 Å². The Morgan fingerprint density at radius 2 is 1.92 bits per heavy atom. The Kier molecular flexibility index (Phi) is 4.87. The molecule has 0 aliphatic carbocycles. The van der Waals surface area contributed by atoms with Crippen LogP contribution < -0.4 is 5.73 Å². The zero-order valence-corrected chi connectivity index (χ0v) is 12.7. The minimum Gasteiger partial charge on any atom is -0.464 e. The normalized spacial score (nSPS) is 11.2. The number of carbonyl (C=O) groups is 1. The van der Waals surface area contributed by atoms with Crippen molar-refractivity contribution < 1.29 is 22.7 Å². The summed E-state index contributed by atoms with van der Waals surface area (Å²) in [4.78, 5) is 20.0. The number of nitrogens with two attached hydrogens (primary N) is 1. The van der Waals surface area contributed by atoms with E-state index in [4.69, 9.17) is 5.73 Å². The summed E-state index contributed by atoms with van der Waals surface area (Å²) in [5.74, 6) is -0.635. The number of aromatic nitrogens is 2. The number of carbonyl (C=O) groups excluding carboxylic acids is 1. The number of esters is 1. The Labute approximate surface area is 136 Å². The van der Waals surface area contributed by atoms with Gasteiger partial charge in [0.25, 0.3) is 0 Å². The zero-order valence-electron chi connectivity index (χ0n) is 12.7. The van der Waals surface area contributed by atoms with Crippen LogP contribution in [0.1, 0.15) is 21.6 Å². The van der Waals surface area contributed by atoms with Crippen LogP contribution in [-0.4, -0.2) is 23.0 Å². The van der Waals surface area contributed by atoms with E-state index in [9.17, 15) is 18.0 Å². The number of ether oxygens (including phenoxy) is 1. The molecule has 0 amide bonds. The van der Waals surface area contributed by atoms with Crippen molar-refractivity contribution in [2.45, 2.75) is 12.6 Å². The van der Waals surface area contributed by atoms with Gasteiger partial charge in [0, 0.05) is 11.1 Å². The van der Waals surface area contributed by atoms with Crippen molar-refractivity contribution in [1.29, 1.82) is 0 Å². The fourth-order valence-electron chi connectivity index (χ4n) is 2.05. The number of hydrogen-bond donors (Lipinski definition) is 1. The summed E-state index contributed by atoms with van der Waals surface area (Å²) in [5.41, 5.74) is 5.66. The summed E-state index contributed by atoms with van der Waals surface area (Å²) in [5, 5.41) is 0. The van der Waals surface area contributed by atoms with Gasteiger partial charge in [0.2, 0.25) is 0 Å². The molecule has 0 bridgehead atoms. The lowest BCUT2D eigenvalue weighted by Crippen LogP contribution is -2.13. The van der Waals surface area contributed by atoms with E-state index >= 15 is 0 Å². The number of nitrogen functional groups attached to an aromatic ring is 1. The van der Waals surface area contributed by atoms with Gasteiger partial charge in [-0.15, -0.1) is 6.58 Å². The molecule has 0 saturated carbocycles. The van der Waals surface area contributed by atoms with E-state index < -0.39 is 17.7 Å². The maximum atomic E-state index is 12.6. The van der Waals surface area contributed by atoms with Gasteiger partial charge in [0.05, 0.1) is 12.7 Å². The first-order chi connectivity index (χ1) is 11.3. The van der Waals surface area contributed by atoms with E-state index in [1.807, 2.05) is 0 Å². The molecule has 1 heterocycles. The van der Waals surface area contributed by atoms with Crippen LogP contribution in [0, 0.1) is 0 Å². The maximum absolute atomic E-state index is 12.6. The molecule has 1 aromatic heterocycles. The van der Waals surface area contributed by atoms with Gasteiger partial charge in [-0.25, -0.2) is 14.8 Å². The van der Waals surface area contributed by atoms with Gasteiger partial charge in [0.1, 0.15) is 5.82 Å². The van der Waals surface area contributed by atoms with Crippen LogP contribution in [0.4, 0.5) is 19.0 Å². The van der Waals surface area contributed by atoms with Crippen LogP contribution in [0.3, 0.4) is 0 Å². The summed E-state index contributed by atoms with van der Waals surface area (Å²) >= 11 is 0. The summed E-state index contributed by atoms with van der Waals surface area (Å²) < 4.78 is 42.5. The average molecular weight is 337 g/mol. The first-order valence-electron chi connectivity index (χ1n) is 6.81. The molecule has 0 fully saturated rings.